The van der Waals surface area contributed by atoms with E-state index in [9.17, 15) is 13.2 Å². The van der Waals surface area contributed by atoms with Crippen LogP contribution < -0.4 is 5.32 Å². The number of halogens is 1. The van der Waals surface area contributed by atoms with Crippen LogP contribution >= 0.6 is 11.6 Å². The van der Waals surface area contributed by atoms with Gasteiger partial charge in [0.1, 0.15) is 11.3 Å². The van der Waals surface area contributed by atoms with Crippen molar-refractivity contribution in [3.63, 3.8) is 0 Å². The lowest BCUT2D eigenvalue weighted by Gasteiger charge is -2.29. The van der Waals surface area contributed by atoms with E-state index in [4.69, 9.17) is 16.3 Å². The predicted octanol–water partition coefficient (Wildman–Crippen LogP) is 4.88. The van der Waals surface area contributed by atoms with Crippen LogP contribution in [-0.4, -0.2) is 30.5 Å². The van der Waals surface area contributed by atoms with Gasteiger partial charge in [-0.15, -0.1) is 0 Å². The quantitative estimate of drug-likeness (QED) is 0.546. The molecule has 1 amide bonds. The number of nitrogens with zero attached hydrogens (tertiary/aromatic N) is 2. The van der Waals surface area contributed by atoms with Gasteiger partial charge in [-0.2, -0.15) is 0 Å². The molecule has 0 aliphatic heterocycles. The number of carbonyl (C=O) groups is 1. The third-order valence-electron chi connectivity index (χ3n) is 4.66. The third kappa shape index (κ3) is 4.75. The van der Waals surface area contributed by atoms with Crippen molar-refractivity contribution in [3.05, 3.63) is 71.6 Å². The second-order valence-electron chi connectivity index (χ2n) is 8.02. The molecule has 0 saturated carbocycles. The van der Waals surface area contributed by atoms with Gasteiger partial charge in [-0.1, -0.05) is 50.6 Å². The van der Waals surface area contributed by atoms with Gasteiger partial charge in [0, 0.05) is 36.0 Å². The molecule has 1 N–H and O–H groups in total. The van der Waals surface area contributed by atoms with Gasteiger partial charge in [0.25, 0.3) is 10.0 Å². The number of aromatic nitrogens is 2. The summed E-state index contributed by atoms with van der Waals surface area (Å²) in [4.78, 5) is 16.2. The molecule has 0 bridgehead atoms. The first-order valence-electron chi connectivity index (χ1n) is 9.58. The van der Waals surface area contributed by atoms with Crippen molar-refractivity contribution < 1.29 is 17.9 Å². The smallest absolute Gasteiger partial charge is 0.407 e. The van der Waals surface area contributed by atoms with E-state index in [0.717, 1.165) is 3.97 Å². The molecular formula is C22H24ClN3O4S. The molecule has 1 atom stereocenters. The minimum atomic E-state index is -3.95. The van der Waals surface area contributed by atoms with Crippen LogP contribution in [0.5, 0.6) is 0 Å². The summed E-state index contributed by atoms with van der Waals surface area (Å²) in [5.74, 6) is 0. The number of hydrogen-bond donors (Lipinski definition) is 1. The Balaban J connectivity index is 2.26. The molecule has 0 aliphatic rings. The Hall–Kier alpha value is -2.84. The van der Waals surface area contributed by atoms with Crippen molar-refractivity contribution in [2.45, 2.75) is 31.8 Å². The first kappa shape index (κ1) is 22.8. The molecule has 2 aromatic heterocycles. The Morgan fingerprint density at radius 3 is 2.42 bits per heavy atom. The Bertz CT molecular complexity index is 1180. The molecule has 7 nitrogen and oxygen atoms in total. The fraction of sp³-hybridized carbons (Fsp3) is 0.273. The Labute approximate surface area is 187 Å². The maximum absolute atomic E-state index is 13.5. The average molecular weight is 462 g/mol. The van der Waals surface area contributed by atoms with Gasteiger partial charge in [-0.05, 0) is 30.3 Å². The Morgan fingerprint density at radius 2 is 1.84 bits per heavy atom. The highest BCUT2D eigenvalue weighted by Crippen LogP contribution is 2.40. The molecule has 1 unspecified atom stereocenters. The molecule has 0 aliphatic carbocycles. The summed E-state index contributed by atoms with van der Waals surface area (Å²) in [6.45, 7) is 5.71. The fourth-order valence-electron chi connectivity index (χ4n) is 3.20. The lowest BCUT2D eigenvalue weighted by atomic mass is 9.85. The number of ether oxygens (including phenoxy) is 1. The summed E-state index contributed by atoms with van der Waals surface area (Å²) in [7, 11) is -2.49. The second kappa shape index (κ2) is 8.72. The third-order valence-corrected chi connectivity index (χ3v) is 6.65. The number of amides is 1. The van der Waals surface area contributed by atoms with Crippen molar-refractivity contribution in [2.24, 2.45) is 5.41 Å². The van der Waals surface area contributed by atoms with Crippen LogP contribution in [0.2, 0.25) is 5.15 Å². The standard InChI is InChI=1S/C22H24ClN3O4S/c1-22(2,3)19(30-21(27)24-4)15-13-18(17-11-8-12-25-20(17)23)26(14-15)31(28,29)16-9-6-5-7-10-16/h5-14,19H,1-4H3,(H,24,27). The van der Waals surface area contributed by atoms with Gasteiger partial charge in [0.15, 0.2) is 0 Å². The summed E-state index contributed by atoms with van der Waals surface area (Å²) >= 11 is 6.30. The van der Waals surface area contributed by atoms with E-state index < -0.39 is 27.6 Å². The van der Waals surface area contributed by atoms with Crippen LogP contribution in [0.25, 0.3) is 11.3 Å². The number of benzene rings is 1. The van der Waals surface area contributed by atoms with Gasteiger partial charge in [0.05, 0.1) is 10.6 Å². The van der Waals surface area contributed by atoms with Crippen molar-refractivity contribution in [1.29, 1.82) is 0 Å². The second-order valence-corrected chi connectivity index (χ2v) is 10.2. The highest BCUT2D eigenvalue weighted by atomic mass is 35.5. The fourth-order valence-corrected chi connectivity index (χ4v) is 4.81. The van der Waals surface area contributed by atoms with Crippen LogP contribution in [0, 0.1) is 5.41 Å². The maximum atomic E-state index is 13.5. The van der Waals surface area contributed by atoms with Crippen molar-refractivity contribution in [1.82, 2.24) is 14.3 Å². The van der Waals surface area contributed by atoms with E-state index in [-0.39, 0.29) is 10.0 Å². The molecule has 3 rings (SSSR count). The molecule has 0 saturated heterocycles. The SMILES string of the molecule is CNC(=O)OC(c1cc(-c2cccnc2Cl)n(S(=O)(=O)c2ccccc2)c1)C(C)(C)C. The normalized spacial score (nSPS) is 12.9. The highest BCUT2D eigenvalue weighted by molar-refractivity contribution is 7.90. The van der Waals surface area contributed by atoms with Crippen molar-refractivity contribution >= 4 is 27.7 Å². The van der Waals surface area contributed by atoms with Gasteiger partial charge >= 0.3 is 6.09 Å². The topological polar surface area (TPSA) is 90.3 Å². The number of nitrogens with one attached hydrogen (secondary N) is 1. The molecule has 1 aromatic carbocycles. The minimum Gasteiger partial charge on any atom is -0.441 e. The van der Waals surface area contributed by atoms with Gasteiger partial charge < -0.3 is 10.1 Å². The molecule has 31 heavy (non-hydrogen) atoms. The van der Waals surface area contributed by atoms with Crippen LogP contribution in [0.3, 0.4) is 0 Å². The van der Waals surface area contributed by atoms with E-state index in [1.165, 1.54) is 31.6 Å². The Kier molecular flexibility index (Phi) is 6.43. The number of alkyl carbamates (subject to hydrolysis) is 1. The van der Waals surface area contributed by atoms with Crippen LogP contribution in [-0.2, 0) is 14.8 Å². The summed E-state index contributed by atoms with van der Waals surface area (Å²) in [6.07, 6.45) is 1.67. The number of carbonyl (C=O) groups excluding carboxylic acids is 1. The number of rotatable bonds is 5. The molecule has 0 spiro atoms. The first-order chi connectivity index (χ1) is 14.6. The Morgan fingerprint density at radius 1 is 1.16 bits per heavy atom. The average Bonchev–Trinajstić information content (AvgIpc) is 3.17. The lowest BCUT2D eigenvalue weighted by Crippen LogP contribution is -2.28. The molecule has 3 aromatic rings. The monoisotopic (exact) mass is 461 g/mol. The zero-order chi connectivity index (χ0) is 22.8. The molecular weight excluding hydrogens is 438 g/mol. The first-order valence-corrected chi connectivity index (χ1v) is 11.4. The van der Waals surface area contributed by atoms with E-state index in [1.807, 2.05) is 20.8 Å². The van der Waals surface area contributed by atoms with E-state index >= 15 is 0 Å². The van der Waals surface area contributed by atoms with Crippen molar-refractivity contribution in [3.8, 4) is 11.3 Å². The zero-order valence-corrected chi connectivity index (χ0v) is 19.2. The number of hydrogen-bond acceptors (Lipinski definition) is 5. The highest BCUT2D eigenvalue weighted by Gasteiger charge is 2.33. The maximum Gasteiger partial charge on any atom is 0.407 e. The van der Waals surface area contributed by atoms with Gasteiger partial charge in [-0.3, -0.25) is 0 Å². The summed E-state index contributed by atoms with van der Waals surface area (Å²) in [5, 5.41) is 2.60. The van der Waals surface area contributed by atoms with Crippen LogP contribution in [0.1, 0.15) is 32.4 Å². The van der Waals surface area contributed by atoms with Crippen molar-refractivity contribution in [2.75, 3.05) is 7.05 Å². The van der Waals surface area contributed by atoms with Gasteiger partial charge in [-0.25, -0.2) is 22.2 Å². The van der Waals surface area contributed by atoms with Crippen LogP contribution in [0.4, 0.5) is 4.79 Å². The minimum absolute atomic E-state index is 0.123. The largest absolute Gasteiger partial charge is 0.441 e. The summed E-state index contributed by atoms with van der Waals surface area (Å²) in [6, 6.07) is 13.1. The van der Waals surface area contributed by atoms with Crippen LogP contribution in [0.15, 0.2) is 65.8 Å². The number of pyridine rings is 1. The molecule has 0 radical (unpaired) electrons. The molecule has 164 valence electrons. The van der Waals surface area contributed by atoms with E-state index in [1.54, 1.807) is 36.4 Å². The summed E-state index contributed by atoms with van der Waals surface area (Å²) < 4.78 is 33.7. The zero-order valence-electron chi connectivity index (χ0n) is 17.7. The molecule has 9 heteroatoms. The van der Waals surface area contributed by atoms with Gasteiger partial charge in [0.2, 0.25) is 0 Å². The van der Waals surface area contributed by atoms with E-state index in [0.29, 0.717) is 16.8 Å². The summed E-state index contributed by atoms with van der Waals surface area (Å²) in [5.41, 5.74) is 0.783. The molecule has 0 fully saturated rings. The van der Waals surface area contributed by atoms with E-state index in [2.05, 4.69) is 10.3 Å². The predicted molar refractivity (Wildman–Crippen MR) is 119 cm³/mol. The lowest BCUT2D eigenvalue weighted by molar-refractivity contribution is 0.0315. The molecule has 2 heterocycles.